The van der Waals surface area contributed by atoms with E-state index in [1.807, 2.05) is 42.5 Å². The highest BCUT2D eigenvalue weighted by Gasteiger charge is 2.02. The van der Waals surface area contributed by atoms with E-state index < -0.39 is 0 Å². The quantitative estimate of drug-likeness (QED) is 0.666. The number of benzene rings is 2. The van der Waals surface area contributed by atoms with Gasteiger partial charge in [0.1, 0.15) is 0 Å². The lowest BCUT2D eigenvalue weighted by Gasteiger charge is -2.04. The second-order valence-electron chi connectivity index (χ2n) is 4.93. The van der Waals surface area contributed by atoms with Crippen molar-refractivity contribution in [2.45, 2.75) is 13.3 Å². The van der Waals surface area contributed by atoms with E-state index in [0.717, 1.165) is 34.1 Å². The number of hydrogen-bond donors (Lipinski definition) is 0. The molecule has 0 aliphatic carbocycles. The van der Waals surface area contributed by atoms with Gasteiger partial charge in [0.05, 0.1) is 5.52 Å². The highest BCUT2D eigenvalue weighted by atomic mass is 16.1. The molecule has 0 saturated heterocycles. The van der Waals surface area contributed by atoms with Crippen LogP contribution in [0.5, 0.6) is 0 Å². The normalized spacial score (nSPS) is 10.7. The van der Waals surface area contributed by atoms with Crippen molar-refractivity contribution >= 4 is 16.7 Å². The van der Waals surface area contributed by atoms with Crippen LogP contribution < -0.4 is 0 Å². The fourth-order valence-corrected chi connectivity index (χ4v) is 2.27. The average Bonchev–Trinajstić information content (AvgIpc) is 2.48. The van der Waals surface area contributed by atoms with Crippen LogP contribution in [0, 0.1) is 0 Å². The molecular weight excluding hydrogens is 246 g/mol. The lowest BCUT2D eigenvalue weighted by molar-refractivity contribution is 0.101. The number of aromatic nitrogens is 1. The molecule has 2 heteroatoms. The molecule has 0 atom stereocenters. The topological polar surface area (TPSA) is 30.0 Å². The van der Waals surface area contributed by atoms with Crippen LogP contribution in [0.2, 0.25) is 0 Å². The molecule has 0 bridgehead atoms. The Labute approximate surface area is 118 Å². The van der Waals surface area contributed by atoms with E-state index in [1.165, 1.54) is 0 Å². The molecule has 0 saturated carbocycles. The lowest BCUT2D eigenvalue weighted by Crippen LogP contribution is -1.95. The van der Waals surface area contributed by atoms with Gasteiger partial charge in [-0.15, -0.1) is 0 Å². The maximum Gasteiger partial charge on any atom is 0.159 e. The second kappa shape index (κ2) is 5.25. The molecule has 0 unspecified atom stereocenters. The standard InChI is InChI=1S/C18H15NO/c1-13(20)15-8-6-14(7-9-15)12-17-11-10-16-4-2-3-5-18(16)19-17/h2-11H,12H2,1H3. The molecular formula is C18H15NO. The number of hydrogen-bond acceptors (Lipinski definition) is 2. The molecule has 3 aromatic rings. The molecule has 0 N–H and O–H groups in total. The molecule has 0 aliphatic rings. The van der Waals surface area contributed by atoms with Crippen LogP contribution in [0.3, 0.4) is 0 Å². The van der Waals surface area contributed by atoms with Crippen molar-refractivity contribution in [3.05, 3.63) is 77.5 Å². The second-order valence-corrected chi connectivity index (χ2v) is 4.93. The number of ketones is 1. The van der Waals surface area contributed by atoms with Crippen LogP contribution in [0.25, 0.3) is 10.9 Å². The van der Waals surface area contributed by atoms with Gasteiger partial charge in [0.2, 0.25) is 0 Å². The van der Waals surface area contributed by atoms with Crippen molar-refractivity contribution < 1.29 is 4.79 Å². The Bertz CT molecular complexity index is 760. The summed E-state index contributed by atoms with van der Waals surface area (Å²) in [6.07, 6.45) is 0.781. The third-order valence-electron chi connectivity index (χ3n) is 3.40. The minimum atomic E-state index is 0.0976. The highest BCUT2D eigenvalue weighted by molar-refractivity contribution is 5.94. The molecule has 1 heterocycles. The Morgan fingerprint density at radius 1 is 0.950 bits per heavy atom. The van der Waals surface area contributed by atoms with Crippen molar-refractivity contribution in [1.29, 1.82) is 0 Å². The first-order valence-electron chi connectivity index (χ1n) is 6.67. The Hall–Kier alpha value is -2.48. The average molecular weight is 261 g/mol. The van der Waals surface area contributed by atoms with E-state index in [2.05, 4.69) is 23.2 Å². The van der Waals surface area contributed by atoms with Gasteiger partial charge in [-0.25, -0.2) is 0 Å². The fraction of sp³-hybridized carbons (Fsp3) is 0.111. The van der Waals surface area contributed by atoms with Gasteiger partial charge in [0.25, 0.3) is 0 Å². The predicted molar refractivity (Wildman–Crippen MR) is 81.0 cm³/mol. The number of para-hydroxylation sites is 1. The third kappa shape index (κ3) is 2.59. The van der Waals surface area contributed by atoms with Crippen LogP contribution >= 0.6 is 0 Å². The summed E-state index contributed by atoms with van der Waals surface area (Å²) in [6, 6.07) is 20.0. The smallest absolute Gasteiger partial charge is 0.159 e. The SMILES string of the molecule is CC(=O)c1ccc(Cc2ccc3ccccc3n2)cc1. The minimum Gasteiger partial charge on any atom is -0.295 e. The summed E-state index contributed by atoms with van der Waals surface area (Å²) in [4.78, 5) is 15.9. The summed E-state index contributed by atoms with van der Waals surface area (Å²) in [5.41, 5.74) is 3.97. The van der Waals surface area contributed by atoms with Crippen LogP contribution in [-0.4, -0.2) is 10.8 Å². The third-order valence-corrected chi connectivity index (χ3v) is 3.40. The maximum atomic E-state index is 11.2. The first-order chi connectivity index (χ1) is 9.72. The van der Waals surface area contributed by atoms with E-state index >= 15 is 0 Å². The molecule has 3 rings (SSSR count). The maximum absolute atomic E-state index is 11.2. The van der Waals surface area contributed by atoms with Crippen molar-refractivity contribution in [3.63, 3.8) is 0 Å². The van der Waals surface area contributed by atoms with Gasteiger partial charge in [-0.1, -0.05) is 48.5 Å². The summed E-state index contributed by atoms with van der Waals surface area (Å²) >= 11 is 0. The lowest BCUT2D eigenvalue weighted by atomic mass is 10.0. The number of rotatable bonds is 3. The van der Waals surface area contributed by atoms with Crippen molar-refractivity contribution in [3.8, 4) is 0 Å². The zero-order chi connectivity index (χ0) is 13.9. The van der Waals surface area contributed by atoms with Gasteiger partial charge in [-0.2, -0.15) is 0 Å². The number of fused-ring (bicyclic) bond motifs is 1. The number of pyridine rings is 1. The Kier molecular flexibility index (Phi) is 3.30. The Morgan fingerprint density at radius 2 is 1.70 bits per heavy atom. The van der Waals surface area contributed by atoms with Crippen molar-refractivity contribution in [2.24, 2.45) is 0 Å². The number of nitrogens with zero attached hydrogens (tertiary/aromatic N) is 1. The molecule has 0 spiro atoms. The summed E-state index contributed by atoms with van der Waals surface area (Å²) in [6.45, 7) is 1.58. The Morgan fingerprint density at radius 3 is 2.45 bits per heavy atom. The zero-order valence-corrected chi connectivity index (χ0v) is 11.3. The van der Waals surface area contributed by atoms with Crippen LogP contribution in [0.1, 0.15) is 28.5 Å². The summed E-state index contributed by atoms with van der Waals surface area (Å²) in [5, 5.41) is 1.16. The van der Waals surface area contributed by atoms with Crippen LogP contribution in [0.4, 0.5) is 0 Å². The van der Waals surface area contributed by atoms with Gasteiger partial charge >= 0.3 is 0 Å². The zero-order valence-electron chi connectivity index (χ0n) is 11.3. The molecule has 0 amide bonds. The predicted octanol–water partition coefficient (Wildman–Crippen LogP) is 4.03. The van der Waals surface area contributed by atoms with Gasteiger partial charge in [0.15, 0.2) is 5.78 Å². The van der Waals surface area contributed by atoms with Gasteiger partial charge in [-0.3, -0.25) is 9.78 Å². The van der Waals surface area contributed by atoms with E-state index in [4.69, 9.17) is 0 Å². The monoisotopic (exact) mass is 261 g/mol. The fourth-order valence-electron chi connectivity index (χ4n) is 2.27. The van der Waals surface area contributed by atoms with Gasteiger partial charge in [-0.05, 0) is 24.6 Å². The molecule has 2 nitrogen and oxygen atoms in total. The van der Waals surface area contributed by atoms with Crippen LogP contribution in [0.15, 0.2) is 60.7 Å². The van der Waals surface area contributed by atoms with E-state index in [1.54, 1.807) is 6.92 Å². The minimum absolute atomic E-state index is 0.0976. The summed E-state index contributed by atoms with van der Waals surface area (Å²) in [5.74, 6) is 0.0976. The van der Waals surface area contributed by atoms with Crippen molar-refractivity contribution in [2.75, 3.05) is 0 Å². The molecule has 1 aromatic heterocycles. The first-order valence-corrected chi connectivity index (χ1v) is 6.67. The van der Waals surface area contributed by atoms with Crippen molar-refractivity contribution in [1.82, 2.24) is 4.98 Å². The van der Waals surface area contributed by atoms with E-state index in [-0.39, 0.29) is 5.78 Å². The Balaban J connectivity index is 1.87. The number of carbonyl (C=O) groups is 1. The summed E-state index contributed by atoms with van der Waals surface area (Å²) in [7, 11) is 0. The molecule has 0 radical (unpaired) electrons. The molecule has 0 fully saturated rings. The molecule has 20 heavy (non-hydrogen) atoms. The van der Waals surface area contributed by atoms with Gasteiger partial charge in [0, 0.05) is 23.1 Å². The number of carbonyl (C=O) groups excluding carboxylic acids is 1. The summed E-state index contributed by atoms with van der Waals surface area (Å²) < 4.78 is 0. The molecule has 0 aliphatic heterocycles. The largest absolute Gasteiger partial charge is 0.295 e. The highest BCUT2D eigenvalue weighted by Crippen LogP contribution is 2.15. The van der Waals surface area contributed by atoms with E-state index in [9.17, 15) is 4.79 Å². The number of Topliss-reactive ketones (excluding diaryl/α,β-unsaturated/α-hetero) is 1. The molecule has 2 aromatic carbocycles. The van der Waals surface area contributed by atoms with E-state index in [0.29, 0.717) is 0 Å². The van der Waals surface area contributed by atoms with Crippen LogP contribution in [-0.2, 0) is 6.42 Å². The molecule has 98 valence electrons. The first kappa shape index (κ1) is 12.5. The van der Waals surface area contributed by atoms with Gasteiger partial charge < -0.3 is 0 Å².